The topological polar surface area (TPSA) is 46.6 Å². The van der Waals surface area contributed by atoms with Gasteiger partial charge in [0.1, 0.15) is 0 Å². The Labute approximate surface area is 143 Å². The Morgan fingerprint density at radius 1 is 1.30 bits per heavy atom. The lowest BCUT2D eigenvalue weighted by Crippen LogP contribution is -2.40. The molecule has 0 bridgehead atoms. The van der Waals surface area contributed by atoms with E-state index >= 15 is 0 Å². The lowest BCUT2D eigenvalue weighted by atomic mass is 9.97. The van der Waals surface area contributed by atoms with E-state index in [0.717, 1.165) is 10.4 Å². The van der Waals surface area contributed by atoms with Crippen molar-refractivity contribution in [1.29, 1.82) is 0 Å². The van der Waals surface area contributed by atoms with Crippen LogP contribution in [0.15, 0.2) is 29.0 Å². The maximum Gasteiger partial charge on any atom is 0.309 e. The van der Waals surface area contributed by atoms with Crippen molar-refractivity contribution in [2.24, 2.45) is 5.92 Å². The van der Waals surface area contributed by atoms with Crippen LogP contribution in [0, 0.1) is 5.92 Å². The van der Waals surface area contributed by atoms with Gasteiger partial charge in [0.05, 0.1) is 17.4 Å². The zero-order chi connectivity index (χ0) is 16.2. The highest BCUT2D eigenvalue weighted by atomic mass is 32.1. The van der Waals surface area contributed by atoms with Crippen LogP contribution >= 0.6 is 22.7 Å². The number of ether oxygens (including phenoxy) is 1. The second-order valence-electron chi connectivity index (χ2n) is 5.50. The molecule has 1 aliphatic heterocycles. The van der Waals surface area contributed by atoms with E-state index in [2.05, 4.69) is 6.07 Å². The van der Waals surface area contributed by atoms with Crippen LogP contribution in [0.4, 0.5) is 0 Å². The van der Waals surface area contributed by atoms with Crippen LogP contribution in [0.1, 0.15) is 29.4 Å². The molecular formula is C17H19NO3S2. The van der Waals surface area contributed by atoms with Crippen molar-refractivity contribution in [3.8, 4) is 10.4 Å². The van der Waals surface area contributed by atoms with Crippen LogP contribution in [-0.4, -0.2) is 36.5 Å². The van der Waals surface area contributed by atoms with Crippen molar-refractivity contribution < 1.29 is 14.3 Å². The Bertz CT molecular complexity index is 670. The summed E-state index contributed by atoms with van der Waals surface area (Å²) in [5.74, 6) is -0.125. The summed E-state index contributed by atoms with van der Waals surface area (Å²) in [4.78, 5) is 28.2. The minimum Gasteiger partial charge on any atom is -0.466 e. The fraction of sp³-hybridized carbons (Fsp3) is 0.412. The van der Waals surface area contributed by atoms with Crippen LogP contribution in [0.5, 0.6) is 0 Å². The summed E-state index contributed by atoms with van der Waals surface area (Å²) in [5, 5.41) is 4.07. The third kappa shape index (κ3) is 3.64. The normalized spacial score (nSPS) is 15.6. The van der Waals surface area contributed by atoms with Crippen molar-refractivity contribution in [3.05, 3.63) is 33.8 Å². The van der Waals surface area contributed by atoms with Gasteiger partial charge in [0.25, 0.3) is 5.91 Å². The fourth-order valence-corrected chi connectivity index (χ4v) is 4.42. The summed E-state index contributed by atoms with van der Waals surface area (Å²) in [7, 11) is 0. The molecule has 3 heterocycles. The van der Waals surface area contributed by atoms with Gasteiger partial charge in [-0.15, -0.1) is 22.7 Å². The molecule has 1 amide bonds. The zero-order valence-corrected chi connectivity index (χ0v) is 14.6. The Balaban J connectivity index is 1.60. The Hall–Kier alpha value is -1.66. The number of hydrogen-bond donors (Lipinski definition) is 0. The minimum atomic E-state index is -0.129. The summed E-state index contributed by atoms with van der Waals surface area (Å²) in [6.07, 6.45) is 1.38. The van der Waals surface area contributed by atoms with Crippen molar-refractivity contribution in [1.82, 2.24) is 4.90 Å². The van der Waals surface area contributed by atoms with Gasteiger partial charge in [-0.05, 0) is 37.3 Å². The first kappa shape index (κ1) is 16.2. The lowest BCUT2D eigenvalue weighted by molar-refractivity contribution is -0.149. The van der Waals surface area contributed by atoms with Crippen molar-refractivity contribution in [2.45, 2.75) is 19.8 Å². The van der Waals surface area contributed by atoms with Crippen molar-refractivity contribution in [2.75, 3.05) is 19.7 Å². The lowest BCUT2D eigenvalue weighted by Gasteiger charge is -2.30. The van der Waals surface area contributed by atoms with Gasteiger partial charge in [0, 0.05) is 28.9 Å². The number of piperidine rings is 1. The molecule has 6 heteroatoms. The largest absolute Gasteiger partial charge is 0.466 e. The van der Waals surface area contributed by atoms with Crippen LogP contribution in [0.3, 0.4) is 0 Å². The number of esters is 1. The standard InChI is InChI=1S/C17H19NO3S2/c1-2-21-17(20)12-5-7-18(8-6-12)16(19)15-10-13(11-23-15)14-4-3-9-22-14/h3-4,9-12H,2,5-8H2,1H3. The molecule has 2 aromatic rings. The number of amides is 1. The van der Waals surface area contributed by atoms with E-state index in [0.29, 0.717) is 32.5 Å². The molecule has 0 unspecified atom stereocenters. The second-order valence-corrected chi connectivity index (χ2v) is 7.35. The quantitative estimate of drug-likeness (QED) is 0.787. The molecule has 1 fully saturated rings. The predicted molar refractivity (Wildman–Crippen MR) is 92.9 cm³/mol. The maximum absolute atomic E-state index is 12.6. The molecule has 0 saturated carbocycles. The van der Waals surface area contributed by atoms with Gasteiger partial charge in [0.2, 0.25) is 0 Å². The molecular weight excluding hydrogens is 330 g/mol. The molecule has 0 radical (unpaired) electrons. The van der Waals surface area contributed by atoms with Gasteiger partial charge < -0.3 is 9.64 Å². The fourth-order valence-electron chi connectivity index (χ4n) is 2.75. The molecule has 122 valence electrons. The van der Waals surface area contributed by atoms with E-state index in [1.807, 2.05) is 34.7 Å². The highest BCUT2D eigenvalue weighted by Crippen LogP contribution is 2.30. The number of hydrogen-bond acceptors (Lipinski definition) is 5. The molecule has 0 aliphatic carbocycles. The maximum atomic E-state index is 12.6. The van der Waals surface area contributed by atoms with Gasteiger partial charge in [0.15, 0.2) is 0 Å². The first-order valence-corrected chi connectivity index (χ1v) is 9.53. The van der Waals surface area contributed by atoms with E-state index < -0.39 is 0 Å². The van der Waals surface area contributed by atoms with Gasteiger partial charge >= 0.3 is 5.97 Å². The Morgan fingerprint density at radius 2 is 2.09 bits per heavy atom. The minimum absolute atomic E-state index is 0.0657. The van der Waals surface area contributed by atoms with E-state index in [1.54, 1.807) is 11.3 Å². The SMILES string of the molecule is CCOC(=O)C1CCN(C(=O)c2cc(-c3cccs3)cs2)CC1. The first-order valence-electron chi connectivity index (χ1n) is 7.77. The summed E-state index contributed by atoms with van der Waals surface area (Å²) in [6.45, 7) is 3.47. The molecule has 3 rings (SSSR count). The Kier molecular flexibility index (Phi) is 5.13. The number of likely N-dealkylation sites (tertiary alicyclic amines) is 1. The average Bonchev–Trinajstić information content (AvgIpc) is 3.25. The number of nitrogens with zero attached hydrogens (tertiary/aromatic N) is 1. The molecule has 1 aliphatic rings. The first-order chi connectivity index (χ1) is 11.2. The third-order valence-corrected chi connectivity index (χ3v) is 5.86. The van der Waals surface area contributed by atoms with Gasteiger partial charge in [-0.25, -0.2) is 0 Å². The van der Waals surface area contributed by atoms with Crippen LogP contribution in [-0.2, 0) is 9.53 Å². The summed E-state index contributed by atoms with van der Waals surface area (Å²) < 4.78 is 5.07. The Morgan fingerprint density at radius 3 is 2.74 bits per heavy atom. The van der Waals surface area contributed by atoms with Crippen LogP contribution in [0.2, 0.25) is 0 Å². The molecule has 1 saturated heterocycles. The highest BCUT2D eigenvalue weighted by molar-refractivity contribution is 7.15. The molecule has 2 aromatic heterocycles. The average molecular weight is 349 g/mol. The van der Waals surface area contributed by atoms with Gasteiger partial charge in [-0.2, -0.15) is 0 Å². The molecule has 0 aromatic carbocycles. The van der Waals surface area contributed by atoms with Crippen molar-refractivity contribution in [3.63, 3.8) is 0 Å². The predicted octanol–water partition coefficient (Wildman–Crippen LogP) is 3.89. The molecule has 0 spiro atoms. The second kappa shape index (κ2) is 7.27. The third-order valence-electron chi connectivity index (χ3n) is 4.02. The van der Waals surface area contributed by atoms with Gasteiger partial charge in [-0.3, -0.25) is 9.59 Å². The van der Waals surface area contributed by atoms with E-state index in [-0.39, 0.29) is 17.8 Å². The summed E-state index contributed by atoms with van der Waals surface area (Å²) in [6, 6.07) is 6.04. The molecule has 0 atom stereocenters. The number of carbonyl (C=O) groups is 2. The van der Waals surface area contributed by atoms with E-state index in [1.165, 1.54) is 16.2 Å². The van der Waals surface area contributed by atoms with Crippen LogP contribution < -0.4 is 0 Å². The summed E-state index contributed by atoms with van der Waals surface area (Å²) >= 11 is 3.16. The highest BCUT2D eigenvalue weighted by Gasteiger charge is 2.29. The molecule has 0 N–H and O–H groups in total. The van der Waals surface area contributed by atoms with E-state index in [9.17, 15) is 9.59 Å². The molecule has 23 heavy (non-hydrogen) atoms. The zero-order valence-electron chi connectivity index (χ0n) is 13.0. The smallest absolute Gasteiger partial charge is 0.309 e. The van der Waals surface area contributed by atoms with Crippen molar-refractivity contribution >= 4 is 34.6 Å². The molecule has 4 nitrogen and oxygen atoms in total. The number of thiophene rings is 2. The van der Waals surface area contributed by atoms with Gasteiger partial charge in [-0.1, -0.05) is 6.07 Å². The summed E-state index contributed by atoms with van der Waals surface area (Å²) in [5.41, 5.74) is 1.11. The van der Waals surface area contributed by atoms with E-state index in [4.69, 9.17) is 4.74 Å². The van der Waals surface area contributed by atoms with Crippen LogP contribution in [0.25, 0.3) is 10.4 Å². The monoisotopic (exact) mass is 349 g/mol. The number of carbonyl (C=O) groups excluding carboxylic acids is 2. The number of rotatable bonds is 4.